The first-order valence-electron chi connectivity index (χ1n) is 7.42. The van der Waals surface area contributed by atoms with Gasteiger partial charge in [-0.3, -0.25) is 9.69 Å². The molecule has 8 heteroatoms. The summed E-state index contributed by atoms with van der Waals surface area (Å²) in [6.45, 7) is 2.57. The van der Waals surface area contributed by atoms with Crippen LogP contribution in [0.2, 0.25) is 0 Å². The highest BCUT2D eigenvalue weighted by Crippen LogP contribution is 2.38. The smallest absolute Gasteiger partial charge is 0.266 e. The molecule has 2 heterocycles. The molecule has 0 saturated carbocycles. The maximum absolute atomic E-state index is 12.6. The molecule has 2 aromatic rings. The molecule has 130 valence electrons. The summed E-state index contributed by atoms with van der Waals surface area (Å²) in [5.74, 6) is 0.894. The second kappa shape index (κ2) is 7.63. The third-order valence-corrected chi connectivity index (χ3v) is 5.50. The first-order chi connectivity index (χ1) is 12.0. The summed E-state index contributed by atoms with van der Waals surface area (Å²) in [5, 5.41) is 9.90. The molecule has 0 aliphatic carbocycles. The van der Waals surface area contributed by atoms with Crippen LogP contribution in [0.5, 0.6) is 11.5 Å². The zero-order chi connectivity index (χ0) is 18.0. The van der Waals surface area contributed by atoms with Crippen LogP contribution in [0.4, 0.5) is 0 Å². The Bertz CT molecular complexity index is 849. The molecule has 0 bridgehead atoms. The number of phenols is 1. The maximum Gasteiger partial charge on any atom is 0.266 e. The van der Waals surface area contributed by atoms with Gasteiger partial charge in [-0.15, -0.1) is 0 Å². The van der Waals surface area contributed by atoms with Gasteiger partial charge < -0.3 is 14.3 Å². The average molecular weight is 440 g/mol. The van der Waals surface area contributed by atoms with Crippen LogP contribution in [-0.2, 0) is 11.3 Å². The van der Waals surface area contributed by atoms with E-state index in [9.17, 15) is 9.90 Å². The summed E-state index contributed by atoms with van der Waals surface area (Å²) >= 11 is 9.94. The molecule has 1 aromatic heterocycles. The SMILES string of the molecule is CCOc1cc(C=C2SC(=S)N(Cc3ccco3)C2=O)c(Br)cc1O. The normalized spacial score (nSPS) is 16.1. The van der Waals surface area contributed by atoms with Crippen molar-refractivity contribution in [2.75, 3.05) is 6.61 Å². The largest absolute Gasteiger partial charge is 0.504 e. The van der Waals surface area contributed by atoms with Crippen LogP contribution in [-0.4, -0.2) is 26.8 Å². The third-order valence-electron chi connectivity index (χ3n) is 3.43. The number of thiocarbonyl (C=S) groups is 1. The van der Waals surface area contributed by atoms with Crippen molar-refractivity contribution in [1.29, 1.82) is 0 Å². The summed E-state index contributed by atoms with van der Waals surface area (Å²) in [6, 6.07) is 6.79. The number of phenolic OH excluding ortho intramolecular Hbond substituents is 1. The van der Waals surface area contributed by atoms with Crippen LogP contribution in [0.25, 0.3) is 6.08 Å². The van der Waals surface area contributed by atoms with Crippen LogP contribution in [0, 0.1) is 0 Å². The van der Waals surface area contributed by atoms with Gasteiger partial charge in [-0.05, 0) is 42.8 Å². The summed E-state index contributed by atoms with van der Waals surface area (Å²) in [5.41, 5.74) is 0.722. The van der Waals surface area contributed by atoms with Crippen LogP contribution in [0.3, 0.4) is 0 Å². The van der Waals surface area contributed by atoms with E-state index in [1.54, 1.807) is 36.6 Å². The molecule has 1 fully saturated rings. The minimum absolute atomic E-state index is 0.0382. The van der Waals surface area contributed by atoms with Crippen molar-refractivity contribution in [3.63, 3.8) is 0 Å². The molecule has 1 amide bonds. The van der Waals surface area contributed by atoms with E-state index in [4.69, 9.17) is 21.4 Å². The number of benzene rings is 1. The molecule has 0 spiro atoms. The minimum Gasteiger partial charge on any atom is -0.504 e. The van der Waals surface area contributed by atoms with E-state index in [0.717, 1.165) is 5.56 Å². The number of ether oxygens (including phenoxy) is 1. The Hall–Kier alpha value is -1.77. The van der Waals surface area contributed by atoms with Gasteiger partial charge >= 0.3 is 0 Å². The van der Waals surface area contributed by atoms with Gasteiger partial charge in [0.2, 0.25) is 0 Å². The molecule has 0 unspecified atom stereocenters. The summed E-state index contributed by atoms with van der Waals surface area (Å²) < 4.78 is 11.8. The lowest BCUT2D eigenvalue weighted by Crippen LogP contribution is -2.27. The number of nitrogens with zero attached hydrogens (tertiary/aromatic N) is 1. The van der Waals surface area contributed by atoms with E-state index in [2.05, 4.69) is 15.9 Å². The number of halogens is 1. The van der Waals surface area contributed by atoms with E-state index in [1.165, 1.54) is 16.7 Å². The highest BCUT2D eigenvalue weighted by atomic mass is 79.9. The van der Waals surface area contributed by atoms with E-state index in [0.29, 0.717) is 38.4 Å². The standard InChI is InChI=1S/C17H14BrNO4S2/c1-2-22-14-6-10(12(18)8-13(14)20)7-15-16(21)19(17(24)25-15)9-11-4-3-5-23-11/h3-8,20H,2,9H2,1H3. The van der Waals surface area contributed by atoms with Crippen LogP contribution in [0.1, 0.15) is 18.2 Å². The molecule has 0 atom stereocenters. The number of rotatable bonds is 5. The lowest BCUT2D eigenvalue weighted by Gasteiger charge is -2.12. The van der Waals surface area contributed by atoms with Crippen molar-refractivity contribution in [1.82, 2.24) is 4.90 Å². The van der Waals surface area contributed by atoms with Crippen LogP contribution in [0.15, 0.2) is 44.3 Å². The van der Waals surface area contributed by atoms with Crippen LogP contribution >= 0.6 is 39.9 Å². The molecular formula is C17H14BrNO4S2. The number of hydrogen-bond donors (Lipinski definition) is 1. The fourth-order valence-corrected chi connectivity index (χ4v) is 3.97. The molecular weight excluding hydrogens is 426 g/mol. The predicted molar refractivity (Wildman–Crippen MR) is 104 cm³/mol. The van der Waals surface area contributed by atoms with Crippen molar-refractivity contribution in [2.24, 2.45) is 0 Å². The lowest BCUT2D eigenvalue weighted by atomic mass is 10.2. The molecule has 1 aliphatic rings. The van der Waals surface area contributed by atoms with Gasteiger partial charge in [-0.2, -0.15) is 0 Å². The topological polar surface area (TPSA) is 62.9 Å². The Morgan fingerprint density at radius 1 is 1.48 bits per heavy atom. The summed E-state index contributed by atoms with van der Waals surface area (Å²) in [4.78, 5) is 14.7. The quantitative estimate of drug-likeness (QED) is 0.544. The molecule has 0 radical (unpaired) electrons. The van der Waals surface area contributed by atoms with Gasteiger partial charge in [0.05, 0.1) is 24.3 Å². The number of carbonyl (C=O) groups is 1. The predicted octanol–water partition coefficient (Wildman–Crippen LogP) is 4.55. The third kappa shape index (κ3) is 3.91. The minimum atomic E-state index is -0.177. The fourth-order valence-electron chi connectivity index (χ4n) is 2.28. The van der Waals surface area contributed by atoms with Crippen molar-refractivity contribution in [2.45, 2.75) is 13.5 Å². The van der Waals surface area contributed by atoms with Crippen molar-refractivity contribution in [3.8, 4) is 11.5 Å². The highest BCUT2D eigenvalue weighted by molar-refractivity contribution is 9.10. The first kappa shape index (κ1) is 18.0. The first-order valence-corrected chi connectivity index (χ1v) is 9.44. The van der Waals surface area contributed by atoms with Crippen LogP contribution < -0.4 is 4.74 Å². The molecule has 3 rings (SSSR count). The Morgan fingerprint density at radius 2 is 2.28 bits per heavy atom. The summed E-state index contributed by atoms with van der Waals surface area (Å²) in [6.07, 6.45) is 3.29. The van der Waals surface area contributed by atoms with Gasteiger partial charge in [-0.25, -0.2) is 0 Å². The summed E-state index contributed by atoms with van der Waals surface area (Å²) in [7, 11) is 0. The molecule has 5 nitrogen and oxygen atoms in total. The zero-order valence-electron chi connectivity index (χ0n) is 13.2. The number of hydrogen-bond acceptors (Lipinski definition) is 6. The van der Waals surface area contributed by atoms with Gasteiger partial charge in [0.25, 0.3) is 5.91 Å². The van der Waals surface area contributed by atoms with Gasteiger partial charge in [0.1, 0.15) is 10.1 Å². The molecule has 1 aliphatic heterocycles. The van der Waals surface area contributed by atoms with Crippen molar-refractivity contribution >= 4 is 56.2 Å². The van der Waals surface area contributed by atoms with Gasteiger partial charge in [-0.1, -0.05) is 39.9 Å². The lowest BCUT2D eigenvalue weighted by molar-refractivity contribution is -0.122. The van der Waals surface area contributed by atoms with Crippen molar-refractivity contribution < 1.29 is 19.1 Å². The number of carbonyl (C=O) groups excluding carboxylic acids is 1. The second-order valence-corrected chi connectivity index (χ2v) is 7.65. The fraction of sp³-hybridized carbons (Fsp3) is 0.176. The Balaban J connectivity index is 1.88. The number of amides is 1. The molecule has 1 saturated heterocycles. The van der Waals surface area contributed by atoms with Gasteiger partial charge in [0.15, 0.2) is 11.5 Å². The van der Waals surface area contributed by atoms with E-state index in [-0.39, 0.29) is 11.7 Å². The monoisotopic (exact) mass is 439 g/mol. The zero-order valence-corrected chi connectivity index (χ0v) is 16.4. The van der Waals surface area contributed by atoms with Crippen molar-refractivity contribution in [3.05, 3.63) is 51.2 Å². The number of thioether (sulfide) groups is 1. The average Bonchev–Trinajstić information content (AvgIpc) is 3.16. The second-order valence-electron chi connectivity index (χ2n) is 5.12. The molecule has 25 heavy (non-hydrogen) atoms. The van der Waals surface area contributed by atoms with E-state index >= 15 is 0 Å². The Morgan fingerprint density at radius 3 is 2.96 bits per heavy atom. The molecule has 1 N–H and O–H groups in total. The van der Waals surface area contributed by atoms with E-state index < -0.39 is 0 Å². The maximum atomic E-state index is 12.6. The number of aromatic hydroxyl groups is 1. The van der Waals surface area contributed by atoms with E-state index in [1.807, 2.05) is 6.92 Å². The number of furan rings is 1. The Labute approximate surface area is 162 Å². The van der Waals surface area contributed by atoms with Gasteiger partial charge in [0, 0.05) is 4.47 Å². The highest BCUT2D eigenvalue weighted by Gasteiger charge is 2.32. The Kier molecular flexibility index (Phi) is 5.51. The molecule has 1 aromatic carbocycles.